The molecule has 1 N–H and O–H groups in total. The molecular formula is C10H9BrN2O2. The van der Waals surface area contributed by atoms with Crippen LogP contribution in [0.15, 0.2) is 22.7 Å². The molecule has 78 valence electrons. The summed E-state index contributed by atoms with van der Waals surface area (Å²) in [6, 6.07) is 5.27. The molecule has 2 amide bonds. The highest BCUT2D eigenvalue weighted by Gasteiger charge is 2.23. The van der Waals surface area contributed by atoms with Crippen molar-refractivity contribution in [1.29, 1.82) is 0 Å². The molecule has 0 aromatic heterocycles. The quantitative estimate of drug-likeness (QED) is 0.768. The molecule has 0 radical (unpaired) electrons. The molecule has 5 heteroatoms. The Morgan fingerprint density at radius 1 is 1.40 bits per heavy atom. The molecule has 0 unspecified atom stereocenters. The van der Waals surface area contributed by atoms with Gasteiger partial charge in [-0.1, -0.05) is 15.9 Å². The summed E-state index contributed by atoms with van der Waals surface area (Å²) in [4.78, 5) is 24.6. The monoisotopic (exact) mass is 268 g/mol. The fraction of sp³-hybridized carbons (Fsp3) is 0.200. The van der Waals surface area contributed by atoms with Crippen molar-refractivity contribution in [3.05, 3.63) is 28.2 Å². The van der Waals surface area contributed by atoms with Gasteiger partial charge >= 0.3 is 0 Å². The van der Waals surface area contributed by atoms with Crippen LogP contribution in [0.25, 0.3) is 0 Å². The van der Waals surface area contributed by atoms with Gasteiger partial charge in [-0.15, -0.1) is 0 Å². The van der Waals surface area contributed by atoms with Crippen molar-refractivity contribution in [2.75, 3.05) is 18.5 Å². The summed E-state index contributed by atoms with van der Waals surface area (Å²) in [5.74, 6) is -0.339. The van der Waals surface area contributed by atoms with Crippen LogP contribution in [0.3, 0.4) is 0 Å². The van der Waals surface area contributed by atoms with Gasteiger partial charge < -0.3 is 10.2 Å². The molecule has 0 spiro atoms. The number of rotatable bonds is 0. The third kappa shape index (κ3) is 1.74. The molecule has 0 bridgehead atoms. The van der Waals surface area contributed by atoms with Crippen molar-refractivity contribution in [2.24, 2.45) is 0 Å². The fourth-order valence-corrected chi connectivity index (χ4v) is 1.85. The number of hydrogen-bond acceptors (Lipinski definition) is 2. The Hall–Kier alpha value is -1.36. The van der Waals surface area contributed by atoms with Crippen molar-refractivity contribution in [3.63, 3.8) is 0 Å². The summed E-state index contributed by atoms with van der Waals surface area (Å²) in [6.45, 7) is 0.0433. The SMILES string of the molecule is CN1C(=O)CNC(=O)c2cc(Br)ccc21. The number of carbonyl (C=O) groups excluding carboxylic acids is 2. The van der Waals surface area contributed by atoms with Crippen molar-refractivity contribution < 1.29 is 9.59 Å². The lowest BCUT2D eigenvalue weighted by Crippen LogP contribution is -2.33. The summed E-state index contributed by atoms with van der Waals surface area (Å²) in [7, 11) is 1.66. The van der Waals surface area contributed by atoms with Gasteiger partial charge in [0.2, 0.25) is 5.91 Å². The number of benzene rings is 1. The Bertz CT molecular complexity index is 445. The number of nitrogens with zero attached hydrogens (tertiary/aromatic N) is 1. The molecule has 1 aliphatic heterocycles. The van der Waals surface area contributed by atoms with E-state index in [2.05, 4.69) is 21.2 Å². The molecule has 4 nitrogen and oxygen atoms in total. The maximum Gasteiger partial charge on any atom is 0.253 e. The molecule has 1 aliphatic rings. The Labute approximate surface area is 95.4 Å². The Kier molecular flexibility index (Phi) is 2.48. The van der Waals surface area contributed by atoms with Gasteiger partial charge in [0, 0.05) is 11.5 Å². The first-order valence-corrected chi connectivity index (χ1v) is 5.23. The van der Waals surface area contributed by atoms with Gasteiger partial charge in [-0.05, 0) is 18.2 Å². The van der Waals surface area contributed by atoms with Gasteiger partial charge in [-0.25, -0.2) is 0 Å². The van der Waals surface area contributed by atoms with Crippen molar-refractivity contribution >= 4 is 33.4 Å². The minimum atomic E-state index is -0.219. The summed E-state index contributed by atoms with van der Waals surface area (Å²) in [5.41, 5.74) is 1.15. The smallest absolute Gasteiger partial charge is 0.253 e. The lowest BCUT2D eigenvalue weighted by Gasteiger charge is -2.15. The van der Waals surface area contributed by atoms with E-state index in [0.29, 0.717) is 11.3 Å². The lowest BCUT2D eigenvalue weighted by molar-refractivity contribution is -0.117. The Morgan fingerprint density at radius 3 is 2.87 bits per heavy atom. The zero-order chi connectivity index (χ0) is 11.0. The molecule has 1 heterocycles. The van der Waals surface area contributed by atoms with E-state index >= 15 is 0 Å². The molecule has 0 saturated heterocycles. The van der Waals surface area contributed by atoms with Crippen LogP contribution in [0.4, 0.5) is 5.69 Å². The van der Waals surface area contributed by atoms with Crippen LogP contribution in [0, 0.1) is 0 Å². The summed E-state index contributed by atoms with van der Waals surface area (Å²) < 4.78 is 0.819. The summed E-state index contributed by atoms with van der Waals surface area (Å²) >= 11 is 3.29. The van der Waals surface area contributed by atoms with Crippen LogP contribution in [0.1, 0.15) is 10.4 Å². The number of likely N-dealkylation sites (N-methyl/N-ethyl adjacent to an activating group) is 1. The van der Waals surface area contributed by atoms with Gasteiger partial charge in [0.15, 0.2) is 0 Å². The van der Waals surface area contributed by atoms with Crippen LogP contribution in [-0.2, 0) is 4.79 Å². The number of carbonyl (C=O) groups is 2. The van der Waals surface area contributed by atoms with Crippen molar-refractivity contribution in [3.8, 4) is 0 Å². The Balaban J connectivity index is 2.59. The topological polar surface area (TPSA) is 49.4 Å². The first-order chi connectivity index (χ1) is 7.09. The maximum absolute atomic E-state index is 11.6. The van der Waals surface area contributed by atoms with E-state index < -0.39 is 0 Å². The molecule has 0 saturated carbocycles. The highest BCUT2D eigenvalue weighted by atomic mass is 79.9. The van der Waals surface area contributed by atoms with Crippen LogP contribution >= 0.6 is 15.9 Å². The van der Waals surface area contributed by atoms with Crippen LogP contribution < -0.4 is 10.2 Å². The molecule has 0 aliphatic carbocycles. The van der Waals surface area contributed by atoms with Gasteiger partial charge in [0.05, 0.1) is 17.8 Å². The highest BCUT2D eigenvalue weighted by Crippen LogP contribution is 2.25. The zero-order valence-electron chi connectivity index (χ0n) is 8.08. The average Bonchev–Trinajstić information content (AvgIpc) is 2.32. The minimum Gasteiger partial charge on any atom is -0.343 e. The number of halogens is 1. The predicted octanol–water partition coefficient (Wildman–Crippen LogP) is 1.16. The van der Waals surface area contributed by atoms with Gasteiger partial charge in [0.1, 0.15) is 0 Å². The largest absolute Gasteiger partial charge is 0.343 e. The second-order valence-corrected chi connectivity index (χ2v) is 4.21. The number of anilines is 1. The molecule has 0 fully saturated rings. The second kappa shape index (κ2) is 3.66. The predicted molar refractivity (Wildman–Crippen MR) is 59.9 cm³/mol. The first-order valence-electron chi connectivity index (χ1n) is 4.44. The van der Waals surface area contributed by atoms with E-state index in [1.54, 1.807) is 25.2 Å². The normalized spacial score (nSPS) is 15.7. The van der Waals surface area contributed by atoms with E-state index in [4.69, 9.17) is 0 Å². The molecule has 0 atom stereocenters. The first kappa shape index (κ1) is 10.2. The molecule has 2 rings (SSSR count). The third-order valence-corrected chi connectivity index (χ3v) is 2.83. The number of amides is 2. The van der Waals surface area contributed by atoms with E-state index in [1.165, 1.54) is 4.90 Å². The Morgan fingerprint density at radius 2 is 2.13 bits per heavy atom. The number of fused-ring (bicyclic) bond motifs is 1. The van der Waals surface area contributed by atoms with Crippen LogP contribution in [0.5, 0.6) is 0 Å². The van der Waals surface area contributed by atoms with Gasteiger partial charge in [-0.3, -0.25) is 9.59 Å². The minimum absolute atomic E-state index is 0.0433. The summed E-state index contributed by atoms with van der Waals surface area (Å²) in [5, 5.41) is 2.56. The number of nitrogens with one attached hydrogen (secondary N) is 1. The van der Waals surface area contributed by atoms with Crippen molar-refractivity contribution in [1.82, 2.24) is 5.32 Å². The van der Waals surface area contributed by atoms with Gasteiger partial charge in [-0.2, -0.15) is 0 Å². The lowest BCUT2D eigenvalue weighted by atomic mass is 10.1. The van der Waals surface area contributed by atoms with Crippen molar-refractivity contribution in [2.45, 2.75) is 0 Å². The summed E-state index contributed by atoms with van der Waals surface area (Å²) in [6.07, 6.45) is 0. The second-order valence-electron chi connectivity index (χ2n) is 3.30. The van der Waals surface area contributed by atoms with E-state index in [9.17, 15) is 9.59 Å². The van der Waals surface area contributed by atoms with E-state index in [0.717, 1.165) is 4.47 Å². The van der Waals surface area contributed by atoms with E-state index in [-0.39, 0.29) is 18.4 Å². The zero-order valence-corrected chi connectivity index (χ0v) is 9.67. The molecule has 15 heavy (non-hydrogen) atoms. The molecule has 1 aromatic rings. The molecular weight excluding hydrogens is 260 g/mol. The maximum atomic E-state index is 11.6. The van der Waals surface area contributed by atoms with Gasteiger partial charge in [0.25, 0.3) is 5.91 Å². The standard InChI is InChI=1S/C10H9BrN2O2/c1-13-8-3-2-6(11)4-7(8)10(15)12-5-9(13)14/h2-4H,5H2,1H3,(H,12,15). The number of hydrogen-bond donors (Lipinski definition) is 1. The average molecular weight is 269 g/mol. The third-order valence-electron chi connectivity index (χ3n) is 2.34. The fourth-order valence-electron chi connectivity index (χ4n) is 1.49. The highest BCUT2D eigenvalue weighted by molar-refractivity contribution is 9.10. The molecule has 1 aromatic carbocycles. The van der Waals surface area contributed by atoms with Crippen LogP contribution in [-0.4, -0.2) is 25.4 Å². The van der Waals surface area contributed by atoms with Crippen LogP contribution in [0.2, 0.25) is 0 Å². The van der Waals surface area contributed by atoms with E-state index in [1.807, 2.05) is 0 Å².